The van der Waals surface area contributed by atoms with Crippen LogP contribution in [0.5, 0.6) is 0 Å². The largest absolute Gasteiger partial charge is 0.458 e. The van der Waals surface area contributed by atoms with Crippen molar-refractivity contribution in [3.8, 4) is 11.4 Å². The Bertz CT molecular complexity index is 1510. The lowest BCUT2D eigenvalue weighted by Crippen LogP contribution is -2.32. The number of fused-ring (bicyclic) bond motifs is 7. The van der Waals surface area contributed by atoms with Crippen LogP contribution in [0.3, 0.4) is 0 Å². The lowest BCUT2D eigenvalue weighted by molar-refractivity contribution is -0.157. The Morgan fingerprint density at radius 2 is 2.00 bits per heavy atom. The van der Waals surface area contributed by atoms with Gasteiger partial charge in [0.25, 0.3) is 5.56 Å². The van der Waals surface area contributed by atoms with Gasteiger partial charge in [0, 0.05) is 32.6 Å². The molecule has 0 radical (unpaired) electrons. The summed E-state index contributed by atoms with van der Waals surface area (Å²) in [4.78, 5) is 34.2. The normalized spacial score (nSPS) is 17.0. The minimum absolute atomic E-state index is 0.126. The van der Waals surface area contributed by atoms with Gasteiger partial charge >= 0.3 is 5.97 Å². The quantitative estimate of drug-likeness (QED) is 0.280. The number of rotatable bonds is 0. The van der Waals surface area contributed by atoms with Gasteiger partial charge in [-0.3, -0.25) is 9.78 Å². The van der Waals surface area contributed by atoms with Crippen molar-refractivity contribution in [2.24, 2.45) is 0 Å². The standard InChI is InChI=1S/C22H14BrN3O4/c1-9-13-7-26-17(5-11-14(21(26)28)8-30-22(29)20(11)27)19(13)25-16-3-2-15-12(18(9)16)4-10(23)6-24-15/h2-6,20,27H,7-8H2,1H3. The number of esters is 1. The van der Waals surface area contributed by atoms with Crippen LogP contribution in [0.25, 0.3) is 33.2 Å². The van der Waals surface area contributed by atoms with E-state index < -0.39 is 12.1 Å². The molecule has 1 aromatic carbocycles. The van der Waals surface area contributed by atoms with Crippen LogP contribution < -0.4 is 5.56 Å². The van der Waals surface area contributed by atoms with Crippen LogP contribution in [0, 0.1) is 6.92 Å². The molecule has 4 aromatic rings. The van der Waals surface area contributed by atoms with Gasteiger partial charge in [-0.25, -0.2) is 9.78 Å². The van der Waals surface area contributed by atoms with Crippen molar-refractivity contribution in [2.75, 3.05) is 0 Å². The van der Waals surface area contributed by atoms with E-state index in [0.29, 0.717) is 29.1 Å². The molecule has 7 nitrogen and oxygen atoms in total. The molecule has 0 spiro atoms. The Balaban J connectivity index is 1.67. The molecule has 0 saturated heterocycles. The predicted octanol–water partition coefficient (Wildman–Crippen LogP) is 3.13. The lowest BCUT2D eigenvalue weighted by atomic mass is 9.97. The van der Waals surface area contributed by atoms with Crippen LogP contribution in [-0.4, -0.2) is 25.6 Å². The fourth-order valence-electron chi connectivity index (χ4n) is 4.53. The summed E-state index contributed by atoms with van der Waals surface area (Å²) in [5, 5.41) is 12.2. The van der Waals surface area contributed by atoms with Gasteiger partial charge in [-0.2, -0.15) is 0 Å². The van der Waals surface area contributed by atoms with Gasteiger partial charge in [0.2, 0.25) is 0 Å². The Morgan fingerprint density at radius 3 is 2.83 bits per heavy atom. The number of carbonyl (C=O) groups is 1. The molecule has 8 heteroatoms. The summed E-state index contributed by atoms with van der Waals surface area (Å²) in [7, 11) is 0. The first-order chi connectivity index (χ1) is 14.4. The molecule has 6 rings (SSSR count). The first-order valence-electron chi connectivity index (χ1n) is 9.43. The van der Waals surface area contributed by atoms with Gasteiger partial charge in [-0.15, -0.1) is 0 Å². The van der Waals surface area contributed by atoms with E-state index in [0.717, 1.165) is 37.4 Å². The minimum atomic E-state index is -1.45. The first-order valence-corrected chi connectivity index (χ1v) is 10.2. The van der Waals surface area contributed by atoms with Gasteiger partial charge in [-0.1, -0.05) is 0 Å². The van der Waals surface area contributed by atoms with Gasteiger partial charge < -0.3 is 14.4 Å². The monoisotopic (exact) mass is 463 g/mol. The van der Waals surface area contributed by atoms with Gasteiger partial charge in [0.1, 0.15) is 6.61 Å². The van der Waals surface area contributed by atoms with Crippen LogP contribution in [0.1, 0.15) is 28.4 Å². The van der Waals surface area contributed by atoms with E-state index in [-0.39, 0.29) is 12.2 Å². The third-order valence-electron chi connectivity index (χ3n) is 6.03. The fraction of sp³-hybridized carbons (Fsp3) is 0.182. The molecular formula is C22H14BrN3O4. The number of aryl methyl sites for hydroxylation is 1. The van der Waals surface area contributed by atoms with Gasteiger partial charge in [0.05, 0.1) is 34.5 Å². The van der Waals surface area contributed by atoms with E-state index >= 15 is 0 Å². The highest BCUT2D eigenvalue weighted by molar-refractivity contribution is 9.10. The van der Waals surface area contributed by atoms with E-state index in [1.54, 1.807) is 16.8 Å². The number of pyridine rings is 3. The third-order valence-corrected chi connectivity index (χ3v) is 6.46. The molecule has 0 fully saturated rings. The highest BCUT2D eigenvalue weighted by atomic mass is 79.9. The van der Waals surface area contributed by atoms with E-state index in [1.165, 1.54) is 0 Å². The van der Waals surface area contributed by atoms with Crippen LogP contribution >= 0.6 is 15.9 Å². The van der Waals surface area contributed by atoms with Crippen molar-refractivity contribution in [1.29, 1.82) is 0 Å². The number of ether oxygens (including phenoxy) is 1. The Labute approximate surface area is 178 Å². The zero-order chi connectivity index (χ0) is 20.7. The Hall–Kier alpha value is -3.10. The zero-order valence-corrected chi connectivity index (χ0v) is 17.4. The molecule has 148 valence electrons. The van der Waals surface area contributed by atoms with Crippen molar-refractivity contribution in [1.82, 2.24) is 14.5 Å². The van der Waals surface area contributed by atoms with Gasteiger partial charge in [0.15, 0.2) is 6.10 Å². The summed E-state index contributed by atoms with van der Waals surface area (Å²) in [5.41, 5.74) is 5.35. The van der Waals surface area contributed by atoms with E-state index in [4.69, 9.17) is 9.72 Å². The lowest BCUT2D eigenvalue weighted by Gasteiger charge is -2.21. The smallest absolute Gasteiger partial charge is 0.340 e. The van der Waals surface area contributed by atoms with E-state index in [9.17, 15) is 14.7 Å². The van der Waals surface area contributed by atoms with Crippen LogP contribution in [0.2, 0.25) is 0 Å². The molecule has 1 N–H and O–H groups in total. The summed E-state index contributed by atoms with van der Waals surface area (Å²) >= 11 is 3.49. The molecule has 0 aliphatic carbocycles. The SMILES string of the molecule is Cc1c2c(nc3ccc4ncc(Br)cc4c13)-c1cc3c(c(=O)n1C2)COC(=O)C3O. The molecule has 2 aliphatic heterocycles. The molecule has 1 unspecified atom stereocenters. The maximum absolute atomic E-state index is 13.1. The summed E-state index contributed by atoms with van der Waals surface area (Å²) in [6, 6.07) is 7.58. The molecule has 1 atom stereocenters. The van der Waals surface area contributed by atoms with E-state index in [1.807, 2.05) is 25.1 Å². The number of hydrogen-bond acceptors (Lipinski definition) is 6. The number of aliphatic hydroxyl groups is 1. The van der Waals surface area contributed by atoms with Gasteiger partial charge in [-0.05, 0) is 52.7 Å². The van der Waals surface area contributed by atoms with Crippen molar-refractivity contribution in [3.05, 3.63) is 67.5 Å². The fourth-order valence-corrected chi connectivity index (χ4v) is 4.86. The van der Waals surface area contributed by atoms with Crippen LogP contribution in [0.15, 0.2) is 39.7 Å². The molecule has 0 amide bonds. The molecular weight excluding hydrogens is 450 g/mol. The topological polar surface area (TPSA) is 94.3 Å². The minimum Gasteiger partial charge on any atom is -0.458 e. The number of aliphatic hydroxyl groups excluding tert-OH is 1. The van der Waals surface area contributed by atoms with Crippen molar-refractivity contribution in [2.45, 2.75) is 26.2 Å². The molecule has 30 heavy (non-hydrogen) atoms. The van der Waals surface area contributed by atoms with Crippen molar-refractivity contribution in [3.63, 3.8) is 0 Å². The van der Waals surface area contributed by atoms with Crippen LogP contribution in [-0.2, 0) is 22.7 Å². The van der Waals surface area contributed by atoms with Crippen LogP contribution in [0.4, 0.5) is 0 Å². The number of benzene rings is 1. The third kappa shape index (κ3) is 2.23. The summed E-state index contributed by atoms with van der Waals surface area (Å²) in [5.74, 6) is -0.739. The zero-order valence-electron chi connectivity index (χ0n) is 15.8. The summed E-state index contributed by atoms with van der Waals surface area (Å²) in [6.45, 7) is 2.29. The van der Waals surface area contributed by atoms with Crippen molar-refractivity contribution >= 4 is 43.7 Å². The molecule has 3 aromatic heterocycles. The maximum atomic E-state index is 13.1. The van der Waals surface area contributed by atoms with Crippen molar-refractivity contribution < 1.29 is 14.6 Å². The number of nitrogens with zero attached hydrogens (tertiary/aromatic N) is 3. The highest BCUT2D eigenvalue weighted by Gasteiger charge is 2.34. The number of hydrogen-bond donors (Lipinski definition) is 1. The molecule has 2 aliphatic rings. The number of halogens is 1. The molecule has 0 saturated carbocycles. The first kappa shape index (κ1) is 17.7. The molecule has 5 heterocycles. The number of carbonyl (C=O) groups excluding carboxylic acids is 1. The summed E-state index contributed by atoms with van der Waals surface area (Å²) in [6.07, 6.45) is 0.309. The second-order valence-electron chi connectivity index (χ2n) is 7.61. The Kier molecular flexibility index (Phi) is 3.52. The summed E-state index contributed by atoms with van der Waals surface area (Å²) < 4.78 is 7.48. The predicted molar refractivity (Wildman–Crippen MR) is 113 cm³/mol. The maximum Gasteiger partial charge on any atom is 0.340 e. The number of aromatic nitrogens is 3. The number of cyclic esters (lactones) is 1. The highest BCUT2D eigenvalue weighted by Crippen LogP contribution is 2.39. The Morgan fingerprint density at radius 1 is 1.20 bits per heavy atom. The second kappa shape index (κ2) is 5.96. The van der Waals surface area contributed by atoms with E-state index in [2.05, 4.69) is 20.9 Å². The average molecular weight is 464 g/mol. The average Bonchev–Trinajstić information content (AvgIpc) is 3.10. The molecule has 0 bridgehead atoms. The second-order valence-corrected chi connectivity index (χ2v) is 8.52.